The fraction of sp³-hybridized carbons (Fsp3) is 0.471. The number of benzene rings is 1. The monoisotopic (exact) mass is 368 g/mol. The van der Waals surface area contributed by atoms with E-state index < -0.39 is 11.7 Å². The van der Waals surface area contributed by atoms with Crippen LogP contribution in [0.1, 0.15) is 43.7 Å². The number of alkyl halides is 3. The number of urea groups is 1. The molecule has 2 heterocycles. The summed E-state index contributed by atoms with van der Waals surface area (Å²) in [5.74, 6) is 0.313. The molecule has 0 radical (unpaired) electrons. The maximum atomic E-state index is 12.9. The van der Waals surface area contributed by atoms with Crippen LogP contribution in [-0.4, -0.2) is 34.2 Å². The topological polar surface area (TPSA) is 71.3 Å². The molecular weight excluding hydrogens is 349 g/mol. The van der Waals surface area contributed by atoms with Crippen LogP contribution < -0.4 is 5.32 Å². The lowest BCUT2D eigenvalue weighted by molar-refractivity contribution is -0.137. The van der Waals surface area contributed by atoms with E-state index >= 15 is 0 Å². The van der Waals surface area contributed by atoms with Crippen LogP contribution in [0, 0.1) is 0 Å². The molecule has 2 aromatic rings. The van der Waals surface area contributed by atoms with Crippen molar-refractivity contribution in [3.63, 3.8) is 0 Å². The standard InChI is InChI=1S/C17H19F3N4O2/c1-2-8-21-16(25)24-9-4-7-13(24)15-22-14(23-26-15)11-5-3-6-12(10-11)17(18,19)20/h3,5-6,10,13H,2,4,7-9H2,1H3,(H,21,25). The minimum absolute atomic E-state index is 0.0758. The van der Waals surface area contributed by atoms with E-state index in [2.05, 4.69) is 15.5 Å². The molecule has 1 saturated heterocycles. The van der Waals surface area contributed by atoms with Crippen molar-refractivity contribution in [2.75, 3.05) is 13.1 Å². The Kier molecular flexibility index (Phi) is 5.15. The first-order valence-electron chi connectivity index (χ1n) is 8.46. The van der Waals surface area contributed by atoms with Crippen LogP contribution in [0.3, 0.4) is 0 Å². The molecule has 0 aliphatic carbocycles. The SMILES string of the molecule is CCCNC(=O)N1CCCC1c1nc(-c2cccc(C(F)(F)F)c2)no1. The number of aromatic nitrogens is 2. The van der Waals surface area contributed by atoms with Crippen molar-refractivity contribution in [3.05, 3.63) is 35.7 Å². The van der Waals surface area contributed by atoms with Crippen LogP contribution in [0.15, 0.2) is 28.8 Å². The largest absolute Gasteiger partial charge is 0.416 e. The summed E-state index contributed by atoms with van der Waals surface area (Å²) in [6.07, 6.45) is -2.15. The van der Waals surface area contributed by atoms with Gasteiger partial charge in [0.05, 0.1) is 5.56 Å². The van der Waals surface area contributed by atoms with Crippen molar-refractivity contribution in [1.29, 1.82) is 0 Å². The van der Waals surface area contributed by atoms with Gasteiger partial charge in [0.25, 0.3) is 0 Å². The van der Waals surface area contributed by atoms with Crippen LogP contribution in [0.5, 0.6) is 0 Å². The molecule has 3 rings (SSSR count). The number of nitrogens with zero attached hydrogens (tertiary/aromatic N) is 3. The number of carbonyl (C=O) groups excluding carboxylic acids is 1. The quantitative estimate of drug-likeness (QED) is 0.885. The summed E-state index contributed by atoms with van der Waals surface area (Å²) in [5, 5.41) is 6.61. The summed E-state index contributed by atoms with van der Waals surface area (Å²) in [7, 11) is 0. The third-order valence-electron chi connectivity index (χ3n) is 4.21. The molecule has 1 aliphatic rings. The Morgan fingerprint density at radius 3 is 2.96 bits per heavy atom. The van der Waals surface area contributed by atoms with Gasteiger partial charge >= 0.3 is 12.2 Å². The number of likely N-dealkylation sites (tertiary alicyclic amines) is 1. The first-order valence-corrected chi connectivity index (χ1v) is 8.46. The number of amides is 2. The maximum Gasteiger partial charge on any atom is 0.416 e. The average Bonchev–Trinajstić information content (AvgIpc) is 3.27. The van der Waals surface area contributed by atoms with Gasteiger partial charge in [-0.1, -0.05) is 24.2 Å². The number of rotatable bonds is 4. The van der Waals surface area contributed by atoms with Gasteiger partial charge in [0.2, 0.25) is 11.7 Å². The van der Waals surface area contributed by atoms with Gasteiger partial charge in [-0.05, 0) is 31.4 Å². The van der Waals surface area contributed by atoms with Gasteiger partial charge in [-0.25, -0.2) is 4.79 Å². The highest BCUT2D eigenvalue weighted by Gasteiger charge is 2.34. The molecule has 0 saturated carbocycles. The molecule has 1 unspecified atom stereocenters. The van der Waals surface area contributed by atoms with E-state index in [0.717, 1.165) is 25.0 Å². The Morgan fingerprint density at radius 1 is 1.42 bits per heavy atom. The Morgan fingerprint density at radius 2 is 2.23 bits per heavy atom. The molecule has 1 aromatic carbocycles. The molecule has 1 N–H and O–H groups in total. The summed E-state index contributed by atoms with van der Waals surface area (Å²) in [5.41, 5.74) is -0.558. The van der Waals surface area contributed by atoms with E-state index in [9.17, 15) is 18.0 Å². The first-order chi connectivity index (χ1) is 12.4. The lowest BCUT2D eigenvalue weighted by Gasteiger charge is -2.22. The van der Waals surface area contributed by atoms with Gasteiger partial charge in [0.1, 0.15) is 6.04 Å². The van der Waals surface area contributed by atoms with Crippen LogP contribution in [-0.2, 0) is 6.18 Å². The van der Waals surface area contributed by atoms with Crippen molar-refractivity contribution in [2.45, 2.75) is 38.4 Å². The van der Waals surface area contributed by atoms with Crippen molar-refractivity contribution in [3.8, 4) is 11.4 Å². The molecule has 6 nitrogen and oxygen atoms in total. The summed E-state index contributed by atoms with van der Waals surface area (Å²) >= 11 is 0. The van der Waals surface area contributed by atoms with Gasteiger partial charge in [-0.2, -0.15) is 18.2 Å². The Balaban J connectivity index is 1.80. The van der Waals surface area contributed by atoms with Gasteiger partial charge in [0, 0.05) is 18.7 Å². The van der Waals surface area contributed by atoms with E-state index in [1.165, 1.54) is 12.1 Å². The first kappa shape index (κ1) is 18.2. The second-order valence-electron chi connectivity index (χ2n) is 6.12. The van der Waals surface area contributed by atoms with Crippen LogP contribution >= 0.6 is 0 Å². The van der Waals surface area contributed by atoms with Crippen molar-refractivity contribution >= 4 is 6.03 Å². The van der Waals surface area contributed by atoms with E-state index in [0.29, 0.717) is 19.5 Å². The zero-order valence-corrected chi connectivity index (χ0v) is 14.2. The molecule has 1 fully saturated rings. The normalized spacial score (nSPS) is 17.5. The van der Waals surface area contributed by atoms with E-state index in [-0.39, 0.29) is 29.4 Å². The smallest absolute Gasteiger partial charge is 0.338 e. The van der Waals surface area contributed by atoms with Crippen LogP contribution in [0.4, 0.5) is 18.0 Å². The van der Waals surface area contributed by atoms with E-state index in [1.54, 1.807) is 4.90 Å². The lowest BCUT2D eigenvalue weighted by atomic mass is 10.1. The molecular formula is C17H19F3N4O2. The minimum Gasteiger partial charge on any atom is -0.338 e. The highest BCUT2D eigenvalue weighted by molar-refractivity contribution is 5.74. The van der Waals surface area contributed by atoms with Gasteiger partial charge in [-0.3, -0.25) is 0 Å². The zero-order valence-electron chi connectivity index (χ0n) is 14.2. The number of halogens is 3. The highest BCUT2D eigenvalue weighted by atomic mass is 19.4. The molecule has 2 amide bonds. The van der Waals surface area contributed by atoms with Gasteiger partial charge in [-0.15, -0.1) is 0 Å². The fourth-order valence-corrected chi connectivity index (χ4v) is 2.92. The Bertz CT molecular complexity index is 775. The number of carbonyl (C=O) groups is 1. The van der Waals surface area contributed by atoms with Crippen molar-refractivity contribution in [2.24, 2.45) is 0 Å². The van der Waals surface area contributed by atoms with Gasteiger partial charge < -0.3 is 14.7 Å². The number of hydrogen-bond donors (Lipinski definition) is 1. The summed E-state index contributed by atoms with van der Waals surface area (Å²) in [6, 6.07) is 4.20. The van der Waals surface area contributed by atoms with E-state index in [4.69, 9.17) is 4.52 Å². The van der Waals surface area contributed by atoms with Crippen molar-refractivity contribution < 1.29 is 22.5 Å². The minimum atomic E-state index is -4.44. The molecule has 1 atom stereocenters. The van der Waals surface area contributed by atoms with Crippen LogP contribution in [0.2, 0.25) is 0 Å². The molecule has 0 spiro atoms. The lowest BCUT2D eigenvalue weighted by Crippen LogP contribution is -2.39. The Hall–Kier alpha value is -2.58. The number of nitrogens with one attached hydrogen (secondary N) is 1. The second kappa shape index (κ2) is 7.35. The highest BCUT2D eigenvalue weighted by Crippen LogP contribution is 2.34. The molecule has 1 aromatic heterocycles. The fourth-order valence-electron chi connectivity index (χ4n) is 2.92. The predicted octanol–water partition coefficient (Wildman–Crippen LogP) is 4.01. The second-order valence-corrected chi connectivity index (χ2v) is 6.12. The average molecular weight is 368 g/mol. The molecule has 9 heteroatoms. The zero-order chi connectivity index (χ0) is 18.7. The molecule has 140 valence electrons. The Labute approximate surface area is 148 Å². The third-order valence-corrected chi connectivity index (χ3v) is 4.21. The maximum absolute atomic E-state index is 12.9. The molecule has 26 heavy (non-hydrogen) atoms. The summed E-state index contributed by atoms with van der Waals surface area (Å²) in [4.78, 5) is 18.1. The predicted molar refractivity (Wildman–Crippen MR) is 87.1 cm³/mol. The van der Waals surface area contributed by atoms with Crippen molar-refractivity contribution in [1.82, 2.24) is 20.4 Å². The molecule has 0 bridgehead atoms. The third kappa shape index (κ3) is 3.81. The molecule has 1 aliphatic heterocycles. The summed E-state index contributed by atoms with van der Waals surface area (Å²) in [6.45, 7) is 3.10. The van der Waals surface area contributed by atoms with E-state index in [1.807, 2.05) is 6.92 Å². The van der Waals surface area contributed by atoms with Crippen LogP contribution in [0.25, 0.3) is 11.4 Å². The summed E-state index contributed by atoms with van der Waals surface area (Å²) < 4.78 is 43.8. The van der Waals surface area contributed by atoms with Gasteiger partial charge in [0.15, 0.2) is 0 Å². The number of hydrogen-bond acceptors (Lipinski definition) is 4.